The van der Waals surface area contributed by atoms with E-state index in [2.05, 4.69) is 10.6 Å². The van der Waals surface area contributed by atoms with Crippen molar-refractivity contribution >= 4 is 18.6 Å². The van der Waals surface area contributed by atoms with Crippen LogP contribution in [-0.4, -0.2) is 38.3 Å². The fourth-order valence-electron chi connectivity index (χ4n) is 1.88. The van der Waals surface area contributed by atoms with Crippen molar-refractivity contribution in [1.29, 1.82) is 0 Å². The summed E-state index contributed by atoms with van der Waals surface area (Å²) in [7, 11) is 1.48. The van der Waals surface area contributed by atoms with Crippen LogP contribution in [0.2, 0.25) is 0 Å². The minimum absolute atomic E-state index is 0.201. The molecule has 0 bridgehead atoms. The highest BCUT2D eigenvalue weighted by molar-refractivity contribution is 5.83. The van der Waals surface area contributed by atoms with Crippen LogP contribution in [0.3, 0.4) is 0 Å². The van der Waals surface area contributed by atoms with E-state index in [1.807, 2.05) is 30.3 Å². The number of hydrogen-bond donors (Lipinski definition) is 2. The fourth-order valence-corrected chi connectivity index (χ4v) is 1.88. The largest absolute Gasteiger partial charge is 0.376 e. The van der Waals surface area contributed by atoms with Crippen molar-refractivity contribution in [2.75, 3.05) is 13.7 Å². The lowest BCUT2D eigenvalue weighted by Gasteiger charge is -2.18. The number of ether oxygens (including phenoxy) is 1. The third-order valence-corrected chi connectivity index (χ3v) is 3.01. The van der Waals surface area contributed by atoms with Crippen LogP contribution in [-0.2, 0) is 25.7 Å². The lowest BCUT2D eigenvalue weighted by molar-refractivity contribution is -0.126. The molecule has 0 radical (unpaired) electrons. The molecule has 0 spiro atoms. The maximum Gasteiger partial charge on any atom is 0.242 e. The Kier molecular flexibility index (Phi) is 7.74. The molecule has 6 nitrogen and oxygen atoms in total. The van der Waals surface area contributed by atoms with Gasteiger partial charge in [-0.3, -0.25) is 9.59 Å². The molecule has 21 heavy (non-hydrogen) atoms. The summed E-state index contributed by atoms with van der Waals surface area (Å²) in [5, 5.41) is 4.84. The zero-order valence-corrected chi connectivity index (χ0v) is 12.0. The number of likely N-dealkylation sites (N-methyl/N-ethyl adjacent to an activating group) is 1. The zero-order valence-electron chi connectivity index (χ0n) is 12.0. The van der Waals surface area contributed by atoms with Gasteiger partial charge in [0.1, 0.15) is 12.3 Å². The van der Waals surface area contributed by atoms with Gasteiger partial charge in [-0.2, -0.15) is 0 Å². The van der Waals surface area contributed by atoms with Gasteiger partial charge in [0.2, 0.25) is 12.3 Å². The van der Waals surface area contributed by atoms with Crippen molar-refractivity contribution in [3.05, 3.63) is 35.9 Å². The molecule has 2 atom stereocenters. The standard InChI is InChI=1S/C15H20N2O4/c1-16-15(20)14(17-11-19)7-13(8-18)10-21-9-12-5-3-2-4-6-12/h2-6,8,11,13-14H,7,9-10H2,1H3,(H,16,20)(H,17,19). The molecule has 1 aromatic rings. The van der Waals surface area contributed by atoms with Crippen molar-refractivity contribution in [3.8, 4) is 0 Å². The second-order valence-electron chi connectivity index (χ2n) is 4.58. The molecule has 1 rings (SSSR count). The number of carbonyl (C=O) groups is 3. The van der Waals surface area contributed by atoms with E-state index in [4.69, 9.17) is 4.74 Å². The van der Waals surface area contributed by atoms with Gasteiger partial charge in [-0.15, -0.1) is 0 Å². The minimum Gasteiger partial charge on any atom is -0.376 e. The molecule has 2 amide bonds. The highest BCUT2D eigenvalue weighted by Gasteiger charge is 2.21. The zero-order chi connectivity index (χ0) is 15.5. The molecule has 0 aliphatic heterocycles. The molecular weight excluding hydrogens is 272 g/mol. The fraction of sp³-hybridized carbons (Fsp3) is 0.400. The Hall–Kier alpha value is -2.21. The Morgan fingerprint density at radius 1 is 1.29 bits per heavy atom. The minimum atomic E-state index is -0.733. The molecule has 0 aliphatic carbocycles. The van der Waals surface area contributed by atoms with Crippen LogP contribution in [0.25, 0.3) is 0 Å². The number of aldehydes is 1. The molecule has 1 aromatic carbocycles. The predicted molar refractivity (Wildman–Crippen MR) is 77.3 cm³/mol. The number of hydrogen-bond acceptors (Lipinski definition) is 4. The average molecular weight is 292 g/mol. The summed E-state index contributed by atoms with van der Waals surface area (Å²) in [6.45, 7) is 0.601. The van der Waals surface area contributed by atoms with Crippen LogP contribution >= 0.6 is 0 Å². The van der Waals surface area contributed by atoms with Gasteiger partial charge >= 0.3 is 0 Å². The highest BCUT2D eigenvalue weighted by Crippen LogP contribution is 2.08. The quantitative estimate of drug-likeness (QED) is 0.606. The molecule has 114 valence electrons. The third kappa shape index (κ3) is 6.18. The molecule has 2 unspecified atom stereocenters. The van der Waals surface area contributed by atoms with Crippen LogP contribution < -0.4 is 10.6 Å². The molecule has 6 heteroatoms. The Labute approximate surface area is 123 Å². The molecule has 0 heterocycles. The van der Waals surface area contributed by atoms with E-state index in [0.29, 0.717) is 13.0 Å². The number of benzene rings is 1. The summed E-state index contributed by atoms with van der Waals surface area (Å²) in [6.07, 6.45) is 1.40. The molecule has 0 saturated carbocycles. The highest BCUT2D eigenvalue weighted by atomic mass is 16.5. The molecule has 0 saturated heterocycles. The second kappa shape index (κ2) is 9.66. The van der Waals surface area contributed by atoms with E-state index < -0.39 is 12.0 Å². The maximum absolute atomic E-state index is 11.6. The van der Waals surface area contributed by atoms with Crippen LogP contribution in [0.1, 0.15) is 12.0 Å². The van der Waals surface area contributed by atoms with Crippen LogP contribution in [0.15, 0.2) is 30.3 Å². The van der Waals surface area contributed by atoms with E-state index >= 15 is 0 Å². The van der Waals surface area contributed by atoms with Gasteiger partial charge in [-0.05, 0) is 12.0 Å². The van der Waals surface area contributed by atoms with Crippen LogP contribution in [0.4, 0.5) is 0 Å². The monoisotopic (exact) mass is 292 g/mol. The van der Waals surface area contributed by atoms with Gasteiger partial charge in [0, 0.05) is 13.0 Å². The molecule has 0 fully saturated rings. The Balaban J connectivity index is 2.44. The smallest absolute Gasteiger partial charge is 0.242 e. The van der Waals surface area contributed by atoms with Gasteiger partial charge in [-0.1, -0.05) is 30.3 Å². The summed E-state index contributed by atoms with van der Waals surface area (Å²) in [5.41, 5.74) is 1.01. The summed E-state index contributed by atoms with van der Waals surface area (Å²) in [4.78, 5) is 33.1. The van der Waals surface area contributed by atoms with Gasteiger partial charge < -0.3 is 20.2 Å². The van der Waals surface area contributed by atoms with Crippen molar-refractivity contribution < 1.29 is 19.1 Å². The molecular formula is C15H20N2O4. The molecule has 0 aromatic heterocycles. The topological polar surface area (TPSA) is 84.5 Å². The van der Waals surface area contributed by atoms with E-state index in [-0.39, 0.29) is 18.9 Å². The number of carbonyl (C=O) groups excluding carboxylic acids is 3. The van der Waals surface area contributed by atoms with Crippen LogP contribution in [0, 0.1) is 5.92 Å². The summed E-state index contributed by atoms with van der Waals surface area (Å²) < 4.78 is 5.49. The normalized spacial score (nSPS) is 13.0. The SMILES string of the molecule is CNC(=O)C(CC(C=O)COCc1ccccc1)NC=O. The second-order valence-corrected chi connectivity index (χ2v) is 4.58. The lowest BCUT2D eigenvalue weighted by Crippen LogP contribution is -2.44. The molecule has 2 N–H and O–H groups in total. The Bertz CT molecular complexity index is 450. The first kappa shape index (κ1) is 16.8. The first-order valence-electron chi connectivity index (χ1n) is 6.69. The van der Waals surface area contributed by atoms with Crippen molar-refractivity contribution in [1.82, 2.24) is 10.6 Å². The molecule has 0 aliphatic rings. The van der Waals surface area contributed by atoms with Gasteiger partial charge in [0.25, 0.3) is 0 Å². The van der Waals surface area contributed by atoms with Crippen molar-refractivity contribution in [3.63, 3.8) is 0 Å². The Morgan fingerprint density at radius 3 is 2.57 bits per heavy atom. The predicted octanol–water partition coefficient (Wildman–Crippen LogP) is 0.269. The van der Waals surface area contributed by atoms with Gasteiger partial charge in [0.15, 0.2) is 0 Å². The maximum atomic E-state index is 11.6. The first-order valence-corrected chi connectivity index (χ1v) is 6.69. The number of amides is 2. The van der Waals surface area contributed by atoms with Gasteiger partial charge in [-0.25, -0.2) is 0 Å². The summed E-state index contributed by atoms with van der Waals surface area (Å²) in [5.74, 6) is -0.791. The summed E-state index contributed by atoms with van der Waals surface area (Å²) in [6, 6.07) is 8.85. The van der Waals surface area contributed by atoms with E-state index in [1.165, 1.54) is 7.05 Å². The van der Waals surface area contributed by atoms with E-state index in [1.54, 1.807) is 0 Å². The van der Waals surface area contributed by atoms with Gasteiger partial charge in [0.05, 0.1) is 13.2 Å². The van der Waals surface area contributed by atoms with Crippen LogP contribution in [0.5, 0.6) is 0 Å². The number of rotatable bonds is 10. The van der Waals surface area contributed by atoms with Crippen molar-refractivity contribution in [2.45, 2.75) is 19.1 Å². The summed E-state index contributed by atoms with van der Waals surface area (Å²) >= 11 is 0. The Morgan fingerprint density at radius 2 is 2.00 bits per heavy atom. The van der Waals surface area contributed by atoms with Crippen molar-refractivity contribution in [2.24, 2.45) is 5.92 Å². The van der Waals surface area contributed by atoms with E-state index in [9.17, 15) is 14.4 Å². The lowest BCUT2D eigenvalue weighted by atomic mass is 10.0. The van der Waals surface area contributed by atoms with E-state index in [0.717, 1.165) is 11.8 Å². The average Bonchev–Trinajstić information content (AvgIpc) is 2.53. The number of nitrogens with one attached hydrogen (secondary N) is 2. The third-order valence-electron chi connectivity index (χ3n) is 3.01. The first-order chi connectivity index (χ1) is 10.2.